The second-order valence-electron chi connectivity index (χ2n) is 10.7. The number of nitrogens with one attached hydrogen (secondary N) is 1. The molecule has 3 rings (SSSR count). The number of hydrogen-bond donors (Lipinski definition) is 1. The Labute approximate surface area is 243 Å². The van der Waals surface area contributed by atoms with Crippen molar-refractivity contribution in [2.24, 2.45) is 0 Å². The van der Waals surface area contributed by atoms with Crippen LogP contribution in [0.1, 0.15) is 56.7 Å². The molecule has 220 valence electrons. The Morgan fingerprint density at radius 3 is 2.07 bits per heavy atom. The molecule has 0 unspecified atom stereocenters. The summed E-state index contributed by atoms with van der Waals surface area (Å²) < 4.78 is 41.7. The Morgan fingerprint density at radius 2 is 1.51 bits per heavy atom. The molecule has 0 aliphatic carbocycles. The summed E-state index contributed by atoms with van der Waals surface area (Å²) in [6, 6.07) is 21.1. The summed E-state index contributed by atoms with van der Waals surface area (Å²) in [7, 11) is -3.88. The fourth-order valence-electron chi connectivity index (χ4n) is 4.44. The lowest BCUT2D eigenvalue weighted by atomic mass is 10.0. The zero-order valence-electron chi connectivity index (χ0n) is 24.4. The molecule has 0 radical (unpaired) electrons. The fraction of sp³-hybridized carbons (Fsp3) is 0.375. The third-order valence-electron chi connectivity index (χ3n) is 7.10. The van der Waals surface area contributed by atoms with Crippen molar-refractivity contribution in [1.82, 2.24) is 10.2 Å². The summed E-state index contributed by atoms with van der Waals surface area (Å²) in [5.41, 5.74) is 2.40. The molecule has 7 nitrogen and oxygen atoms in total. The van der Waals surface area contributed by atoms with Gasteiger partial charge in [0.1, 0.15) is 18.4 Å². The summed E-state index contributed by atoms with van der Waals surface area (Å²) in [6.07, 6.45) is 1.89. The first-order valence-electron chi connectivity index (χ1n) is 13.9. The van der Waals surface area contributed by atoms with E-state index in [-0.39, 0.29) is 36.4 Å². The molecule has 0 heterocycles. The molecule has 0 bridgehead atoms. The first-order valence-corrected chi connectivity index (χ1v) is 15.7. The molecular weight excluding hydrogens is 541 g/mol. The SMILES string of the molecule is CC[C@@H](C)NC(=O)[C@H](Cc1ccccc1)N(Cc1ccccc1F)C(=O)CN(c1ccc(C(C)C)cc1)S(C)(=O)=O. The number of carbonyl (C=O) groups is 2. The van der Waals surface area contributed by atoms with Crippen molar-refractivity contribution in [3.63, 3.8) is 0 Å². The highest BCUT2D eigenvalue weighted by atomic mass is 32.2. The molecule has 2 amide bonds. The van der Waals surface area contributed by atoms with Crippen LogP contribution >= 0.6 is 0 Å². The topological polar surface area (TPSA) is 86.8 Å². The third kappa shape index (κ3) is 8.88. The molecule has 3 aromatic rings. The summed E-state index contributed by atoms with van der Waals surface area (Å²) in [6.45, 7) is 7.12. The average Bonchev–Trinajstić information content (AvgIpc) is 2.94. The van der Waals surface area contributed by atoms with E-state index in [0.717, 1.165) is 21.7 Å². The molecule has 0 saturated carbocycles. The second-order valence-corrected chi connectivity index (χ2v) is 12.6. The highest BCUT2D eigenvalue weighted by Gasteiger charge is 2.33. The molecule has 1 N–H and O–H groups in total. The van der Waals surface area contributed by atoms with Crippen LogP contribution in [0.5, 0.6) is 0 Å². The minimum absolute atomic E-state index is 0.154. The molecule has 2 atom stereocenters. The summed E-state index contributed by atoms with van der Waals surface area (Å²) >= 11 is 0. The lowest BCUT2D eigenvalue weighted by molar-refractivity contribution is -0.140. The summed E-state index contributed by atoms with van der Waals surface area (Å²) in [5.74, 6) is -1.28. The molecule has 41 heavy (non-hydrogen) atoms. The third-order valence-corrected chi connectivity index (χ3v) is 8.24. The predicted octanol–water partition coefficient (Wildman–Crippen LogP) is 5.27. The van der Waals surface area contributed by atoms with Crippen LogP contribution in [0, 0.1) is 5.82 Å². The molecule has 0 aromatic heterocycles. The predicted molar refractivity (Wildman–Crippen MR) is 162 cm³/mol. The number of benzene rings is 3. The van der Waals surface area contributed by atoms with E-state index < -0.39 is 34.3 Å². The monoisotopic (exact) mass is 581 g/mol. The maximum Gasteiger partial charge on any atom is 0.244 e. The average molecular weight is 582 g/mol. The van der Waals surface area contributed by atoms with E-state index in [0.29, 0.717) is 12.1 Å². The lowest BCUT2D eigenvalue weighted by Crippen LogP contribution is -2.54. The van der Waals surface area contributed by atoms with Crippen molar-refractivity contribution in [2.75, 3.05) is 17.1 Å². The first-order chi connectivity index (χ1) is 19.4. The van der Waals surface area contributed by atoms with E-state index in [2.05, 4.69) is 5.32 Å². The maximum atomic E-state index is 14.8. The standard InChI is InChI=1S/C32H40FN3O4S/c1-6-24(4)34-32(38)30(20-25-12-8-7-9-13-25)35(21-27-14-10-11-15-29(27)33)31(37)22-36(41(5,39)40)28-18-16-26(17-19-28)23(2)3/h7-19,23-24,30H,6,20-22H2,1-5H3,(H,34,38)/t24-,30+/m1/s1. The van der Waals surface area contributed by atoms with Crippen molar-refractivity contribution < 1.29 is 22.4 Å². The highest BCUT2D eigenvalue weighted by molar-refractivity contribution is 7.92. The Kier molecular flexibility index (Phi) is 11.1. The van der Waals surface area contributed by atoms with Gasteiger partial charge in [0.2, 0.25) is 21.8 Å². The molecule has 0 aliphatic heterocycles. The molecule has 0 aliphatic rings. The smallest absolute Gasteiger partial charge is 0.244 e. The molecule has 9 heteroatoms. The van der Waals surface area contributed by atoms with Gasteiger partial charge < -0.3 is 10.2 Å². The van der Waals surface area contributed by atoms with Gasteiger partial charge in [0.25, 0.3) is 0 Å². The van der Waals surface area contributed by atoms with Gasteiger partial charge in [-0.2, -0.15) is 0 Å². The van der Waals surface area contributed by atoms with E-state index in [1.165, 1.54) is 11.0 Å². The van der Waals surface area contributed by atoms with Gasteiger partial charge in [0.05, 0.1) is 11.9 Å². The maximum absolute atomic E-state index is 14.8. The van der Waals surface area contributed by atoms with Gasteiger partial charge in [-0.3, -0.25) is 13.9 Å². The van der Waals surface area contributed by atoms with E-state index in [4.69, 9.17) is 0 Å². The highest BCUT2D eigenvalue weighted by Crippen LogP contribution is 2.24. The van der Waals surface area contributed by atoms with E-state index >= 15 is 0 Å². The Morgan fingerprint density at radius 1 is 0.902 bits per heavy atom. The number of hydrogen-bond acceptors (Lipinski definition) is 4. The number of carbonyl (C=O) groups excluding carboxylic acids is 2. The van der Waals surface area contributed by atoms with Crippen molar-refractivity contribution in [3.8, 4) is 0 Å². The summed E-state index contributed by atoms with van der Waals surface area (Å²) in [5, 5.41) is 2.96. The summed E-state index contributed by atoms with van der Waals surface area (Å²) in [4.78, 5) is 29.0. The van der Waals surface area contributed by atoms with Crippen LogP contribution in [0.25, 0.3) is 0 Å². The fourth-order valence-corrected chi connectivity index (χ4v) is 5.29. The van der Waals surface area contributed by atoms with Crippen LogP contribution in [-0.2, 0) is 32.6 Å². The normalized spacial score (nSPS) is 13.0. The largest absolute Gasteiger partial charge is 0.352 e. The van der Waals surface area contributed by atoms with Gasteiger partial charge in [-0.1, -0.05) is 81.4 Å². The van der Waals surface area contributed by atoms with Gasteiger partial charge in [0.15, 0.2) is 0 Å². The van der Waals surface area contributed by atoms with Crippen LogP contribution in [0.15, 0.2) is 78.9 Å². The number of rotatable bonds is 13. The van der Waals surface area contributed by atoms with Crippen molar-refractivity contribution in [1.29, 1.82) is 0 Å². The van der Waals surface area contributed by atoms with Gasteiger partial charge in [0, 0.05) is 24.6 Å². The van der Waals surface area contributed by atoms with Crippen LogP contribution in [0.3, 0.4) is 0 Å². The molecule has 0 saturated heterocycles. The van der Waals surface area contributed by atoms with Gasteiger partial charge in [-0.25, -0.2) is 12.8 Å². The van der Waals surface area contributed by atoms with Gasteiger partial charge in [-0.05, 0) is 48.6 Å². The number of halogens is 1. The molecule has 0 spiro atoms. The van der Waals surface area contributed by atoms with Gasteiger partial charge >= 0.3 is 0 Å². The van der Waals surface area contributed by atoms with E-state index in [1.807, 2.05) is 70.2 Å². The Balaban J connectivity index is 2.06. The lowest BCUT2D eigenvalue weighted by Gasteiger charge is -2.34. The van der Waals surface area contributed by atoms with Gasteiger partial charge in [-0.15, -0.1) is 0 Å². The zero-order valence-corrected chi connectivity index (χ0v) is 25.2. The number of nitrogens with zero attached hydrogens (tertiary/aromatic N) is 2. The quantitative estimate of drug-likeness (QED) is 0.298. The second kappa shape index (κ2) is 14.3. The number of sulfonamides is 1. The Hall–Kier alpha value is -3.72. The Bertz CT molecular complexity index is 1410. The number of amides is 2. The van der Waals surface area contributed by atoms with E-state index in [1.54, 1.807) is 30.3 Å². The van der Waals surface area contributed by atoms with Crippen LogP contribution in [-0.4, -0.2) is 50.0 Å². The van der Waals surface area contributed by atoms with Crippen molar-refractivity contribution >= 4 is 27.5 Å². The minimum atomic E-state index is -3.88. The molecule has 3 aromatic carbocycles. The molecule has 0 fully saturated rings. The minimum Gasteiger partial charge on any atom is -0.352 e. The van der Waals surface area contributed by atoms with Crippen molar-refractivity contribution in [3.05, 3.63) is 101 Å². The zero-order chi connectivity index (χ0) is 30.2. The van der Waals surface area contributed by atoms with Crippen LogP contribution < -0.4 is 9.62 Å². The van der Waals surface area contributed by atoms with Crippen LogP contribution in [0.2, 0.25) is 0 Å². The first kappa shape index (κ1) is 31.8. The van der Waals surface area contributed by atoms with Crippen LogP contribution in [0.4, 0.5) is 10.1 Å². The van der Waals surface area contributed by atoms with E-state index in [9.17, 15) is 22.4 Å². The molecular formula is C32H40FN3O4S. The number of anilines is 1. The van der Waals surface area contributed by atoms with Crippen molar-refractivity contribution in [2.45, 2.75) is 65.1 Å².